The van der Waals surface area contributed by atoms with E-state index in [-0.39, 0.29) is 0 Å². The van der Waals surface area contributed by atoms with Gasteiger partial charge in [0.25, 0.3) is 0 Å². The molecule has 1 unspecified atom stereocenters. The summed E-state index contributed by atoms with van der Waals surface area (Å²) >= 11 is 0. The van der Waals surface area contributed by atoms with E-state index >= 15 is 0 Å². The summed E-state index contributed by atoms with van der Waals surface area (Å²) in [5.74, 6) is 0.0738. The Kier molecular flexibility index (Phi) is 4.11. The first-order valence-corrected chi connectivity index (χ1v) is 6.14. The molecule has 0 aliphatic carbocycles. The van der Waals surface area contributed by atoms with Gasteiger partial charge in [-0.3, -0.25) is 0 Å². The molecule has 1 atom stereocenters. The number of benzene rings is 1. The number of hydrogen-bond donors (Lipinski definition) is 1. The maximum atomic E-state index is 14.0. The average molecular weight is 264 g/mol. The molecule has 2 aromatic rings. The van der Waals surface area contributed by atoms with Gasteiger partial charge in [-0.15, -0.1) is 5.10 Å². The Balaban J connectivity index is 2.33. The summed E-state index contributed by atoms with van der Waals surface area (Å²) in [5.41, 5.74) is 7.21. The Hall–Kier alpha value is -1.95. The minimum absolute atomic E-state index is 0.393. The fraction of sp³-hybridized carbons (Fsp3) is 0.385. The molecule has 5 nitrogen and oxygen atoms in total. The van der Waals surface area contributed by atoms with Crippen molar-refractivity contribution in [2.75, 3.05) is 7.11 Å². The summed E-state index contributed by atoms with van der Waals surface area (Å²) in [5, 5.41) is 7.79. The molecule has 2 N–H and O–H groups in total. The Morgan fingerprint density at radius 3 is 2.89 bits per heavy atom. The minimum atomic E-state index is -0.590. The molecule has 0 aliphatic heterocycles. The normalized spacial score (nSPS) is 12.4. The number of halogens is 1. The fourth-order valence-corrected chi connectivity index (χ4v) is 1.94. The van der Waals surface area contributed by atoms with Crippen LogP contribution in [0.15, 0.2) is 24.4 Å². The van der Waals surface area contributed by atoms with E-state index in [0.717, 1.165) is 6.42 Å². The summed E-state index contributed by atoms with van der Waals surface area (Å²) in [7, 11) is 1.49. The lowest BCUT2D eigenvalue weighted by atomic mass is 10.0. The first-order chi connectivity index (χ1) is 9.17. The zero-order valence-electron chi connectivity index (χ0n) is 11.0. The van der Waals surface area contributed by atoms with Crippen molar-refractivity contribution in [2.24, 2.45) is 5.73 Å². The standard InChI is InChI=1S/C13H17FN4O/c1-3-6-18-12(8-16-17-18)13(15)10-5-4-9(19-2)7-11(10)14/h4-5,7-8,13H,3,6,15H2,1-2H3. The molecule has 0 bridgehead atoms. The van der Waals surface area contributed by atoms with Gasteiger partial charge in [-0.05, 0) is 12.5 Å². The van der Waals surface area contributed by atoms with E-state index in [4.69, 9.17) is 10.5 Å². The predicted octanol–water partition coefficient (Wildman–Crippen LogP) is 1.88. The van der Waals surface area contributed by atoms with Gasteiger partial charge in [0.15, 0.2) is 0 Å². The topological polar surface area (TPSA) is 66.0 Å². The summed E-state index contributed by atoms with van der Waals surface area (Å²) in [6.07, 6.45) is 2.48. The first kappa shape index (κ1) is 13.5. The Bertz CT molecular complexity index is 555. The van der Waals surface area contributed by atoms with Gasteiger partial charge in [0.2, 0.25) is 0 Å². The smallest absolute Gasteiger partial charge is 0.132 e. The van der Waals surface area contributed by atoms with Gasteiger partial charge in [-0.2, -0.15) is 0 Å². The van der Waals surface area contributed by atoms with Gasteiger partial charge >= 0.3 is 0 Å². The van der Waals surface area contributed by atoms with E-state index < -0.39 is 11.9 Å². The second kappa shape index (κ2) is 5.79. The lowest BCUT2D eigenvalue weighted by molar-refractivity contribution is 0.410. The molecule has 102 valence electrons. The van der Waals surface area contributed by atoms with Crippen LogP contribution >= 0.6 is 0 Å². The van der Waals surface area contributed by atoms with Crippen molar-refractivity contribution in [3.63, 3.8) is 0 Å². The quantitative estimate of drug-likeness (QED) is 0.895. The van der Waals surface area contributed by atoms with Crippen LogP contribution in [-0.2, 0) is 6.54 Å². The third-order valence-electron chi connectivity index (χ3n) is 2.94. The van der Waals surface area contributed by atoms with Gasteiger partial charge in [0.05, 0.1) is 25.0 Å². The number of aromatic nitrogens is 3. The number of aryl methyl sites for hydroxylation is 1. The van der Waals surface area contributed by atoms with Gasteiger partial charge in [0, 0.05) is 18.2 Å². The van der Waals surface area contributed by atoms with Crippen LogP contribution in [0.1, 0.15) is 30.6 Å². The number of nitrogens with zero attached hydrogens (tertiary/aromatic N) is 3. The van der Waals surface area contributed by atoms with Crippen LogP contribution in [0.2, 0.25) is 0 Å². The predicted molar refractivity (Wildman–Crippen MR) is 69.3 cm³/mol. The van der Waals surface area contributed by atoms with E-state index in [1.165, 1.54) is 13.2 Å². The Labute approximate surface area is 111 Å². The van der Waals surface area contributed by atoms with Gasteiger partial charge in [-0.25, -0.2) is 9.07 Å². The van der Waals surface area contributed by atoms with E-state index in [1.807, 2.05) is 6.92 Å². The summed E-state index contributed by atoms with van der Waals surface area (Å²) in [6.45, 7) is 2.74. The van der Waals surface area contributed by atoms with Gasteiger partial charge in [-0.1, -0.05) is 18.2 Å². The molecule has 6 heteroatoms. The van der Waals surface area contributed by atoms with Crippen LogP contribution in [0.5, 0.6) is 5.75 Å². The van der Waals surface area contributed by atoms with E-state index in [0.29, 0.717) is 23.6 Å². The van der Waals surface area contributed by atoms with Crippen LogP contribution in [0, 0.1) is 5.82 Å². The zero-order chi connectivity index (χ0) is 13.8. The van der Waals surface area contributed by atoms with Crippen LogP contribution in [0.25, 0.3) is 0 Å². The highest BCUT2D eigenvalue weighted by Gasteiger charge is 2.18. The molecule has 19 heavy (non-hydrogen) atoms. The van der Waals surface area contributed by atoms with Crippen molar-refractivity contribution in [1.82, 2.24) is 15.0 Å². The largest absolute Gasteiger partial charge is 0.497 e. The molecular weight excluding hydrogens is 247 g/mol. The minimum Gasteiger partial charge on any atom is -0.497 e. The zero-order valence-corrected chi connectivity index (χ0v) is 11.0. The first-order valence-electron chi connectivity index (χ1n) is 6.14. The maximum absolute atomic E-state index is 14.0. The Morgan fingerprint density at radius 2 is 2.26 bits per heavy atom. The molecule has 0 spiro atoms. The van der Waals surface area contributed by atoms with Crippen molar-refractivity contribution < 1.29 is 9.13 Å². The number of hydrogen-bond acceptors (Lipinski definition) is 4. The maximum Gasteiger partial charge on any atom is 0.132 e. The number of nitrogens with two attached hydrogens (primary N) is 1. The third kappa shape index (κ3) is 2.73. The Morgan fingerprint density at radius 1 is 1.47 bits per heavy atom. The second-order valence-corrected chi connectivity index (χ2v) is 4.25. The van der Waals surface area contributed by atoms with Crippen LogP contribution < -0.4 is 10.5 Å². The SMILES string of the molecule is CCCn1nncc1C(N)c1ccc(OC)cc1F. The van der Waals surface area contributed by atoms with E-state index in [2.05, 4.69) is 10.3 Å². The van der Waals surface area contributed by atoms with Crippen LogP contribution in [0.4, 0.5) is 4.39 Å². The molecule has 0 radical (unpaired) electrons. The molecule has 1 aromatic carbocycles. The second-order valence-electron chi connectivity index (χ2n) is 4.25. The highest BCUT2D eigenvalue weighted by Crippen LogP contribution is 2.24. The molecule has 0 fully saturated rings. The molecule has 0 aliphatic rings. The molecular formula is C13H17FN4O. The number of rotatable bonds is 5. The number of ether oxygens (including phenoxy) is 1. The van der Waals surface area contributed by atoms with E-state index in [9.17, 15) is 4.39 Å². The lowest BCUT2D eigenvalue weighted by Gasteiger charge is -2.14. The summed E-state index contributed by atoms with van der Waals surface area (Å²) in [4.78, 5) is 0. The van der Waals surface area contributed by atoms with Crippen LogP contribution in [-0.4, -0.2) is 22.1 Å². The van der Waals surface area contributed by atoms with Crippen molar-refractivity contribution in [1.29, 1.82) is 0 Å². The van der Waals surface area contributed by atoms with Crippen molar-refractivity contribution in [2.45, 2.75) is 25.9 Å². The highest BCUT2D eigenvalue weighted by molar-refractivity contribution is 5.34. The van der Waals surface area contributed by atoms with Crippen molar-refractivity contribution >= 4 is 0 Å². The molecule has 0 saturated carbocycles. The summed E-state index contributed by atoms with van der Waals surface area (Å²) in [6, 6.07) is 4.05. The monoisotopic (exact) mass is 264 g/mol. The van der Waals surface area contributed by atoms with Gasteiger partial charge < -0.3 is 10.5 Å². The fourth-order valence-electron chi connectivity index (χ4n) is 1.94. The van der Waals surface area contributed by atoms with Crippen LogP contribution in [0.3, 0.4) is 0 Å². The van der Waals surface area contributed by atoms with Crippen molar-refractivity contribution in [3.8, 4) is 5.75 Å². The molecule has 1 heterocycles. The molecule has 1 aromatic heterocycles. The third-order valence-corrected chi connectivity index (χ3v) is 2.94. The number of methoxy groups -OCH3 is 1. The lowest BCUT2D eigenvalue weighted by Crippen LogP contribution is -2.18. The average Bonchev–Trinajstić information content (AvgIpc) is 2.86. The van der Waals surface area contributed by atoms with Gasteiger partial charge in [0.1, 0.15) is 11.6 Å². The van der Waals surface area contributed by atoms with Crippen molar-refractivity contribution in [3.05, 3.63) is 41.5 Å². The summed E-state index contributed by atoms with van der Waals surface area (Å²) < 4.78 is 20.7. The molecule has 2 rings (SSSR count). The molecule has 0 saturated heterocycles. The highest BCUT2D eigenvalue weighted by atomic mass is 19.1. The van der Waals surface area contributed by atoms with E-state index in [1.54, 1.807) is 23.0 Å². The molecule has 0 amide bonds.